The van der Waals surface area contributed by atoms with Gasteiger partial charge in [-0.25, -0.2) is 9.59 Å². The van der Waals surface area contributed by atoms with Gasteiger partial charge in [-0.1, -0.05) is 24.8 Å². The largest absolute Gasteiger partial charge is 0.490 e. The Morgan fingerprint density at radius 2 is 1.62 bits per heavy atom. The van der Waals surface area contributed by atoms with Gasteiger partial charge in [0.1, 0.15) is 11.5 Å². The molecular weight excluding hydrogens is 536 g/mol. The van der Waals surface area contributed by atoms with Crippen molar-refractivity contribution in [1.82, 2.24) is 10.3 Å². The van der Waals surface area contributed by atoms with E-state index >= 15 is 0 Å². The van der Waals surface area contributed by atoms with E-state index in [2.05, 4.69) is 35.0 Å². The number of nitrogens with zero attached hydrogens (tertiary/aromatic N) is 2. The number of carbonyl (C=O) groups is 2. The molecule has 0 atom stereocenters. The number of benzene rings is 1. The molecule has 14 heteroatoms. The van der Waals surface area contributed by atoms with E-state index in [1.807, 2.05) is 38.3 Å². The van der Waals surface area contributed by atoms with E-state index in [1.165, 1.54) is 5.69 Å². The van der Waals surface area contributed by atoms with Gasteiger partial charge in [0, 0.05) is 43.3 Å². The molecule has 3 rings (SSSR count). The van der Waals surface area contributed by atoms with Gasteiger partial charge in [0.25, 0.3) is 0 Å². The van der Waals surface area contributed by atoms with Crippen LogP contribution in [0.1, 0.15) is 12.5 Å². The van der Waals surface area contributed by atoms with Crippen molar-refractivity contribution >= 4 is 28.5 Å². The van der Waals surface area contributed by atoms with Crippen molar-refractivity contribution in [2.45, 2.75) is 26.2 Å². The van der Waals surface area contributed by atoms with Crippen LogP contribution >= 0.6 is 0 Å². The fraction of sp³-hybridized carbons (Fsp3) is 0.320. The maximum Gasteiger partial charge on any atom is 0.490 e. The lowest BCUT2D eigenvalue weighted by Gasteiger charge is -2.30. The predicted molar refractivity (Wildman–Crippen MR) is 133 cm³/mol. The van der Waals surface area contributed by atoms with Gasteiger partial charge in [0.15, 0.2) is 0 Å². The number of alkyl halides is 6. The molecule has 214 valence electrons. The van der Waals surface area contributed by atoms with Crippen molar-refractivity contribution in [3.63, 3.8) is 0 Å². The molecule has 0 aliphatic carbocycles. The zero-order chi connectivity index (χ0) is 29.8. The number of halogens is 6. The number of hydrogen-bond acceptors (Lipinski definition) is 6. The summed E-state index contributed by atoms with van der Waals surface area (Å²) in [5, 5.41) is 18.7. The molecule has 2 heterocycles. The Morgan fingerprint density at radius 1 is 1.08 bits per heavy atom. The minimum absolute atomic E-state index is 0.723. The highest BCUT2D eigenvalue weighted by atomic mass is 19.4. The molecule has 0 amide bonds. The Kier molecular flexibility index (Phi) is 12.5. The number of piperazine rings is 1. The lowest BCUT2D eigenvalue weighted by molar-refractivity contribution is -0.193. The number of pyridine rings is 1. The topological polar surface area (TPSA) is 112 Å². The molecule has 1 saturated heterocycles. The number of aliphatic carboxylic acids is 2. The van der Waals surface area contributed by atoms with Crippen LogP contribution in [-0.2, 0) is 9.59 Å². The number of hydrogen-bond donors (Lipinski definition) is 3. The predicted octanol–water partition coefficient (Wildman–Crippen LogP) is 5.24. The summed E-state index contributed by atoms with van der Waals surface area (Å²) in [6.45, 7) is 11.8. The summed E-state index contributed by atoms with van der Waals surface area (Å²) >= 11 is 0. The number of carboxylic acids is 2. The lowest BCUT2D eigenvalue weighted by Crippen LogP contribution is -2.43. The van der Waals surface area contributed by atoms with E-state index in [9.17, 15) is 26.3 Å². The number of para-hydroxylation sites is 1. The molecule has 1 aliphatic heterocycles. The first-order valence-corrected chi connectivity index (χ1v) is 11.2. The second-order valence-corrected chi connectivity index (χ2v) is 7.69. The summed E-state index contributed by atoms with van der Waals surface area (Å²) in [5.74, 6) is -3.95. The summed E-state index contributed by atoms with van der Waals surface area (Å²) in [5.41, 5.74) is 3.17. The summed E-state index contributed by atoms with van der Waals surface area (Å²) in [6, 6.07) is 6.30. The first kappa shape index (κ1) is 33.0. The zero-order valence-corrected chi connectivity index (χ0v) is 20.9. The number of allylic oxidation sites excluding steroid dienone is 4. The number of nitrogens with one attached hydrogen (secondary N) is 1. The molecule has 0 spiro atoms. The van der Waals surface area contributed by atoms with Crippen molar-refractivity contribution in [2.24, 2.45) is 0 Å². The second-order valence-electron chi connectivity index (χ2n) is 7.69. The molecule has 2 aromatic rings. The van der Waals surface area contributed by atoms with Gasteiger partial charge < -0.3 is 25.2 Å². The SMILES string of the molecule is C=CC(=CC=CC)Oc1c(C)cnc2c(N3CCNCC3)cccc12.O=C(O)C(F)(F)F.O=C(O)C(F)(F)F. The van der Waals surface area contributed by atoms with Crippen LogP contribution in [0.15, 0.2) is 61.0 Å². The van der Waals surface area contributed by atoms with Crippen LogP contribution in [0.4, 0.5) is 32.0 Å². The quantitative estimate of drug-likeness (QED) is 0.257. The third kappa shape index (κ3) is 10.7. The van der Waals surface area contributed by atoms with Gasteiger partial charge >= 0.3 is 24.3 Å². The van der Waals surface area contributed by atoms with Crippen LogP contribution in [0.2, 0.25) is 0 Å². The van der Waals surface area contributed by atoms with Crippen molar-refractivity contribution in [3.05, 3.63) is 66.6 Å². The second kappa shape index (κ2) is 14.8. The summed E-state index contributed by atoms with van der Waals surface area (Å²) in [6.07, 6.45) is -0.723. The minimum Gasteiger partial charge on any atom is -0.475 e. The average Bonchev–Trinajstić information content (AvgIpc) is 2.87. The van der Waals surface area contributed by atoms with Crippen LogP contribution in [0.5, 0.6) is 5.75 Å². The Labute approximate surface area is 219 Å². The van der Waals surface area contributed by atoms with Gasteiger partial charge in [-0.15, -0.1) is 0 Å². The Hall–Kier alpha value is -4.07. The molecule has 8 nitrogen and oxygen atoms in total. The molecule has 0 saturated carbocycles. The molecule has 1 aliphatic rings. The van der Waals surface area contributed by atoms with Gasteiger partial charge in [-0.2, -0.15) is 26.3 Å². The number of anilines is 1. The van der Waals surface area contributed by atoms with E-state index in [4.69, 9.17) is 29.5 Å². The van der Waals surface area contributed by atoms with Gasteiger partial charge in [0.05, 0.1) is 11.2 Å². The normalized spacial score (nSPS) is 14.2. The number of ether oxygens (including phenoxy) is 1. The Balaban J connectivity index is 0.000000449. The standard InChI is InChI=1S/C21H25N3O.2C2HF3O2/c1-4-6-8-17(5-2)25-21-16(3)15-23-20-18(21)9-7-10-19(20)24-13-11-22-12-14-24;2*3-2(4,5)1(6)7/h4-10,15,22H,2,11-14H2,1,3H3;2*(H,6,7). The van der Waals surface area contributed by atoms with E-state index in [1.54, 1.807) is 6.08 Å². The fourth-order valence-corrected chi connectivity index (χ4v) is 3.03. The van der Waals surface area contributed by atoms with Gasteiger partial charge in [-0.3, -0.25) is 4.98 Å². The minimum atomic E-state index is -5.08. The third-order valence-electron chi connectivity index (χ3n) is 4.82. The van der Waals surface area contributed by atoms with Crippen molar-refractivity contribution in [1.29, 1.82) is 0 Å². The highest BCUT2D eigenvalue weighted by Gasteiger charge is 2.38. The third-order valence-corrected chi connectivity index (χ3v) is 4.82. The molecular formula is C25H27F6N3O5. The molecule has 0 bridgehead atoms. The van der Waals surface area contributed by atoms with Crippen LogP contribution in [0, 0.1) is 6.92 Å². The van der Waals surface area contributed by atoms with Gasteiger partial charge in [-0.05, 0) is 38.1 Å². The number of aromatic nitrogens is 1. The monoisotopic (exact) mass is 563 g/mol. The fourth-order valence-electron chi connectivity index (χ4n) is 3.03. The van der Waals surface area contributed by atoms with E-state index < -0.39 is 24.3 Å². The number of fused-ring (bicyclic) bond motifs is 1. The summed E-state index contributed by atoms with van der Waals surface area (Å²) in [4.78, 5) is 24.9. The van der Waals surface area contributed by atoms with Crippen molar-refractivity contribution in [3.8, 4) is 5.75 Å². The Bertz CT molecular complexity index is 1180. The molecule has 0 radical (unpaired) electrons. The summed E-state index contributed by atoms with van der Waals surface area (Å²) < 4.78 is 69.6. The highest BCUT2D eigenvalue weighted by molar-refractivity contribution is 5.95. The lowest BCUT2D eigenvalue weighted by atomic mass is 10.1. The molecule has 0 unspecified atom stereocenters. The Morgan fingerprint density at radius 3 is 2.08 bits per heavy atom. The van der Waals surface area contributed by atoms with Crippen LogP contribution in [-0.4, -0.2) is 65.7 Å². The van der Waals surface area contributed by atoms with E-state index in [-0.39, 0.29) is 0 Å². The van der Waals surface area contributed by atoms with Crippen molar-refractivity contribution < 1.29 is 50.9 Å². The average molecular weight is 563 g/mol. The molecule has 39 heavy (non-hydrogen) atoms. The van der Waals surface area contributed by atoms with Gasteiger partial charge in [0.2, 0.25) is 0 Å². The number of rotatable bonds is 5. The van der Waals surface area contributed by atoms with Crippen molar-refractivity contribution in [2.75, 3.05) is 31.1 Å². The summed E-state index contributed by atoms with van der Waals surface area (Å²) in [7, 11) is 0. The first-order valence-electron chi connectivity index (χ1n) is 11.2. The molecule has 1 aromatic heterocycles. The maximum absolute atomic E-state index is 10.6. The first-order chi connectivity index (χ1) is 18.1. The number of aryl methyl sites for hydroxylation is 1. The number of carboxylic acid groups (broad SMARTS) is 2. The smallest absolute Gasteiger partial charge is 0.475 e. The van der Waals surface area contributed by atoms with E-state index in [0.29, 0.717) is 0 Å². The molecule has 1 fully saturated rings. The zero-order valence-electron chi connectivity index (χ0n) is 20.9. The van der Waals surface area contributed by atoms with E-state index in [0.717, 1.165) is 54.2 Å². The molecule has 3 N–H and O–H groups in total. The van der Waals surface area contributed by atoms with Crippen LogP contribution < -0.4 is 15.0 Å². The molecule has 1 aromatic carbocycles. The van der Waals surface area contributed by atoms with Crippen LogP contribution in [0.25, 0.3) is 10.9 Å². The maximum atomic E-state index is 10.6. The highest BCUT2D eigenvalue weighted by Crippen LogP contribution is 2.34. The van der Waals surface area contributed by atoms with Crippen LogP contribution in [0.3, 0.4) is 0 Å².